The van der Waals surface area contributed by atoms with E-state index in [4.69, 9.17) is 5.73 Å². The fourth-order valence-electron chi connectivity index (χ4n) is 2.86. The number of carbonyl (C=O) groups is 1. The number of imidazole rings is 1. The van der Waals surface area contributed by atoms with Crippen molar-refractivity contribution in [3.63, 3.8) is 0 Å². The summed E-state index contributed by atoms with van der Waals surface area (Å²) in [5.41, 5.74) is 6.14. The summed E-state index contributed by atoms with van der Waals surface area (Å²) < 4.78 is 15.7. The third-order valence-corrected chi connectivity index (χ3v) is 4.19. The molecule has 1 saturated carbocycles. The fraction of sp³-hybridized carbons (Fsp3) is 0.375. The molecule has 1 aliphatic rings. The van der Waals surface area contributed by atoms with Gasteiger partial charge in [0, 0.05) is 18.1 Å². The van der Waals surface area contributed by atoms with E-state index in [-0.39, 0.29) is 30.7 Å². The molecule has 1 aromatic carbocycles. The predicted octanol–water partition coefficient (Wildman–Crippen LogP) is 3.46. The minimum Gasteiger partial charge on any atom is -0.324 e. The van der Waals surface area contributed by atoms with E-state index in [0.717, 1.165) is 19.3 Å². The molecule has 1 heterocycles. The van der Waals surface area contributed by atoms with Crippen LogP contribution in [0.5, 0.6) is 0 Å². The highest BCUT2D eigenvalue weighted by Gasteiger charge is 2.35. The van der Waals surface area contributed by atoms with Crippen LogP contribution in [0.4, 0.5) is 10.1 Å². The molecule has 0 saturated heterocycles. The van der Waals surface area contributed by atoms with Crippen molar-refractivity contribution in [2.75, 3.05) is 5.32 Å². The molecule has 2 aromatic rings. The van der Waals surface area contributed by atoms with Gasteiger partial charge < -0.3 is 15.6 Å². The molecule has 132 valence electrons. The first-order valence-electron chi connectivity index (χ1n) is 7.47. The first kappa shape index (κ1) is 20.4. The van der Waals surface area contributed by atoms with Gasteiger partial charge in [-0.25, -0.2) is 9.37 Å². The number of halogens is 3. The maximum Gasteiger partial charge on any atom is 0.244 e. The Morgan fingerprint density at radius 3 is 2.54 bits per heavy atom. The van der Waals surface area contributed by atoms with Gasteiger partial charge in [0.25, 0.3) is 0 Å². The average Bonchev–Trinajstić information content (AvgIpc) is 3.02. The van der Waals surface area contributed by atoms with Crippen molar-refractivity contribution in [1.82, 2.24) is 9.55 Å². The lowest BCUT2D eigenvalue weighted by molar-refractivity contribution is -0.122. The highest BCUT2D eigenvalue weighted by atomic mass is 35.5. The third kappa shape index (κ3) is 4.26. The molecule has 0 bridgehead atoms. The highest BCUT2D eigenvalue weighted by molar-refractivity contribution is 5.98. The number of aromatic nitrogens is 2. The number of nitrogens with zero attached hydrogens (tertiary/aromatic N) is 2. The van der Waals surface area contributed by atoms with Gasteiger partial charge in [0.1, 0.15) is 5.82 Å². The number of nitrogens with two attached hydrogens (primary N) is 1. The van der Waals surface area contributed by atoms with Crippen LogP contribution in [0.15, 0.2) is 36.9 Å². The van der Waals surface area contributed by atoms with Crippen molar-refractivity contribution < 1.29 is 9.18 Å². The van der Waals surface area contributed by atoms with Gasteiger partial charge in [-0.3, -0.25) is 4.79 Å². The molecule has 0 radical (unpaired) electrons. The van der Waals surface area contributed by atoms with Crippen LogP contribution in [0, 0.1) is 5.82 Å². The largest absolute Gasteiger partial charge is 0.324 e. The fourth-order valence-corrected chi connectivity index (χ4v) is 2.86. The maximum atomic E-state index is 14.2. The third-order valence-electron chi connectivity index (χ3n) is 4.19. The molecule has 1 amide bonds. The number of hydrogen-bond donors (Lipinski definition) is 2. The Hall–Kier alpha value is -1.63. The van der Waals surface area contributed by atoms with E-state index < -0.39 is 11.4 Å². The van der Waals surface area contributed by atoms with E-state index in [1.807, 2.05) is 0 Å². The smallest absolute Gasteiger partial charge is 0.244 e. The van der Waals surface area contributed by atoms with Gasteiger partial charge in [-0.2, -0.15) is 0 Å². The molecule has 1 fully saturated rings. The summed E-state index contributed by atoms with van der Waals surface area (Å²) in [7, 11) is 0. The normalized spacial score (nSPS) is 15.8. The topological polar surface area (TPSA) is 72.9 Å². The van der Waals surface area contributed by atoms with Gasteiger partial charge in [0.05, 0.1) is 17.6 Å². The van der Waals surface area contributed by atoms with Gasteiger partial charge in [-0.1, -0.05) is 19.3 Å². The summed E-state index contributed by atoms with van der Waals surface area (Å²) in [5, 5.41) is 2.74. The number of amides is 1. The van der Waals surface area contributed by atoms with Crippen molar-refractivity contribution in [2.24, 2.45) is 5.73 Å². The maximum absolute atomic E-state index is 14.2. The average molecular weight is 375 g/mol. The predicted molar refractivity (Wildman–Crippen MR) is 96.7 cm³/mol. The SMILES string of the molecule is Cl.Cl.NC1(C(=O)Nc2ccc(-n3ccnc3)c(F)c2)CCCCC1. The van der Waals surface area contributed by atoms with Gasteiger partial charge in [0.2, 0.25) is 5.91 Å². The lowest BCUT2D eigenvalue weighted by atomic mass is 9.82. The van der Waals surface area contributed by atoms with Crippen LogP contribution in [-0.2, 0) is 4.79 Å². The number of hydrogen-bond acceptors (Lipinski definition) is 3. The molecule has 3 N–H and O–H groups in total. The Morgan fingerprint density at radius 2 is 1.96 bits per heavy atom. The lowest BCUT2D eigenvalue weighted by Crippen LogP contribution is -2.52. The number of nitrogens with one attached hydrogen (secondary N) is 1. The van der Waals surface area contributed by atoms with Crippen molar-refractivity contribution in [3.05, 3.63) is 42.7 Å². The summed E-state index contributed by atoms with van der Waals surface area (Å²) in [6, 6.07) is 4.58. The van der Waals surface area contributed by atoms with E-state index in [0.29, 0.717) is 24.2 Å². The van der Waals surface area contributed by atoms with Crippen LogP contribution in [-0.4, -0.2) is 21.0 Å². The molecule has 24 heavy (non-hydrogen) atoms. The molecule has 1 aromatic heterocycles. The van der Waals surface area contributed by atoms with Crippen molar-refractivity contribution in [3.8, 4) is 5.69 Å². The van der Waals surface area contributed by atoms with Crippen LogP contribution in [0.3, 0.4) is 0 Å². The van der Waals surface area contributed by atoms with Crippen LogP contribution in [0.25, 0.3) is 5.69 Å². The van der Waals surface area contributed by atoms with E-state index in [1.54, 1.807) is 29.1 Å². The first-order valence-corrected chi connectivity index (χ1v) is 7.47. The van der Waals surface area contributed by atoms with Gasteiger partial charge in [-0.15, -0.1) is 24.8 Å². The zero-order chi connectivity index (χ0) is 15.6. The van der Waals surface area contributed by atoms with Crippen LogP contribution in [0.1, 0.15) is 32.1 Å². The minimum absolute atomic E-state index is 0. The first-order chi connectivity index (χ1) is 10.6. The zero-order valence-corrected chi connectivity index (χ0v) is 14.7. The second-order valence-electron chi connectivity index (χ2n) is 5.81. The summed E-state index contributed by atoms with van der Waals surface area (Å²) in [6.07, 6.45) is 9.14. The second-order valence-corrected chi connectivity index (χ2v) is 5.81. The number of benzene rings is 1. The van der Waals surface area contributed by atoms with E-state index in [1.165, 1.54) is 12.4 Å². The van der Waals surface area contributed by atoms with Crippen LogP contribution in [0.2, 0.25) is 0 Å². The Morgan fingerprint density at radius 1 is 1.25 bits per heavy atom. The lowest BCUT2D eigenvalue weighted by Gasteiger charge is -2.31. The van der Waals surface area contributed by atoms with Crippen LogP contribution >= 0.6 is 24.8 Å². The van der Waals surface area contributed by atoms with Gasteiger partial charge >= 0.3 is 0 Å². The Bertz CT molecular complexity index is 673. The van der Waals surface area contributed by atoms with Gasteiger partial charge in [-0.05, 0) is 31.0 Å². The monoisotopic (exact) mass is 374 g/mol. The molecule has 0 unspecified atom stereocenters. The van der Waals surface area contributed by atoms with Crippen molar-refractivity contribution in [1.29, 1.82) is 0 Å². The molecule has 3 rings (SSSR count). The number of rotatable bonds is 3. The Kier molecular flexibility index (Phi) is 7.20. The van der Waals surface area contributed by atoms with Crippen molar-refractivity contribution in [2.45, 2.75) is 37.6 Å². The molecular weight excluding hydrogens is 354 g/mol. The molecule has 8 heteroatoms. The van der Waals surface area contributed by atoms with E-state index >= 15 is 0 Å². The minimum atomic E-state index is -0.836. The zero-order valence-electron chi connectivity index (χ0n) is 13.1. The number of carbonyl (C=O) groups excluding carboxylic acids is 1. The molecule has 5 nitrogen and oxygen atoms in total. The Balaban J connectivity index is 0.00000144. The Labute approximate surface area is 152 Å². The van der Waals surface area contributed by atoms with E-state index in [2.05, 4.69) is 10.3 Å². The quantitative estimate of drug-likeness (QED) is 0.863. The summed E-state index contributed by atoms with van der Waals surface area (Å²) in [4.78, 5) is 16.2. The summed E-state index contributed by atoms with van der Waals surface area (Å²) in [5.74, 6) is -0.660. The van der Waals surface area contributed by atoms with E-state index in [9.17, 15) is 9.18 Å². The molecule has 0 atom stereocenters. The molecule has 0 aliphatic heterocycles. The summed E-state index contributed by atoms with van der Waals surface area (Å²) in [6.45, 7) is 0. The second kappa shape index (κ2) is 8.46. The van der Waals surface area contributed by atoms with Crippen LogP contribution < -0.4 is 11.1 Å². The molecular formula is C16H21Cl2FN4O. The standard InChI is InChI=1S/C16H19FN4O.2ClH/c17-13-10-12(4-5-14(13)21-9-8-19-11-21)20-15(22)16(18)6-2-1-3-7-16;;/h4-5,8-11H,1-3,6-7,18H2,(H,20,22);2*1H. The van der Waals surface area contributed by atoms with Gasteiger partial charge in [0.15, 0.2) is 0 Å². The molecule has 1 aliphatic carbocycles. The number of anilines is 1. The molecule has 0 spiro atoms. The summed E-state index contributed by atoms with van der Waals surface area (Å²) >= 11 is 0. The highest BCUT2D eigenvalue weighted by Crippen LogP contribution is 2.27. The van der Waals surface area contributed by atoms with Crippen molar-refractivity contribution >= 4 is 36.4 Å².